The largest absolute Gasteiger partial charge is 0.372 e. The fourth-order valence-electron chi connectivity index (χ4n) is 2.81. The minimum Gasteiger partial charge on any atom is -0.372 e. The second-order valence-electron chi connectivity index (χ2n) is 5.38. The standard InChI is InChI=1S/C16H25ClF2O/c1-4-14(13-8-6-12(10-17)7-9-13)16(19)15(18)11(3)20-5-2/h4,11-13H,5-10H2,1-3H3/b14-4-,16-15-. The van der Waals surface area contributed by atoms with Crippen LogP contribution in [0.3, 0.4) is 0 Å². The lowest BCUT2D eigenvalue weighted by Gasteiger charge is -2.29. The summed E-state index contributed by atoms with van der Waals surface area (Å²) < 4.78 is 33.5. The molecule has 0 amide bonds. The Labute approximate surface area is 126 Å². The number of halogens is 3. The molecule has 0 bridgehead atoms. The van der Waals surface area contributed by atoms with Crippen LogP contribution in [0.15, 0.2) is 23.3 Å². The molecule has 116 valence electrons. The summed E-state index contributed by atoms with van der Waals surface area (Å²) in [5, 5.41) is 0. The predicted octanol–water partition coefficient (Wildman–Crippen LogP) is 5.55. The highest BCUT2D eigenvalue weighted by molar-refractivity contribution is 6.18. The summed E-state index contributed by atoms with van der Waals surface area (Å²) in [6.45, 7) is 5.44. The Hall–Kier alpha value is -0.410. The number of alkyl halides is 1. The van der Waals surface area contributed by atoms with Crippen LogP contribution in [-0.4, -0.2) is 18.6 Å². The summed E-state index contributed by atoms with van der Waals surface area (Å²) in [5.41, 5.74) is 0.488. The van der Waals surface area contributed by atoms with E-state index in [2.05, 4.69) is 0 Å². The van der Waals surface area contributed by atoms with E-state index in [9.17, 15) is 8.78 Å². The first-order valence-electron chi connectivity index (χ1n) is 7.44. The van der Waals surface area contributed by atoms with E-state index in [1.54, 1.807) is 19.9 Å². The van der Waals surface area contributed by atoms with Crippen molar-refractivity contribution in [3.8, 4) is 0 Å². The molecule has 1 aliphatic rings. The Balaban J connectivity index is 2.78. The van der Waals surface area contributed by atoms with Crippen molar-refractivity contribution in [3.63, 3.8) is 0 Å². The lowest BCUT2D eigenvalue weighted by molar-refractivity contribution is 0.0825. The first-order chi connectivity index (χ1) is 9.54. The highest BCUT2D eigenvalue weighted by Gasteiger charge is 2.27. The molecule has 0 aromatic rings. The van der Waals surface area contributed by atoms with Crippen LogP contribution >= 0.6 is 11.6 Å². The van der Waals surface area contributed by atoms with Crippen LogP contribution in [0.2, 0.25) is 0 Å². The Kier molecular flexibility index (Phi) is 7.75. The molecule has 0 saturated heterocycles. The first kappa shape index (κ1) is 17.6. The number of allylic oxidation sites excluding steroid dienone is 3. The van der Waals surface area contributed by atoms with E-state index in [4.69, 9.17) is 16.3 Å². The Morgan fingerprint density at radius 1 is 1.30 bits per heavy atom. The topological polar surface area (TPSA) is 9.23 Å². The molecule has 0 aromatic heterocycles. The molecule has 0 aromatic carbocycles. The van der Waals surface area contributed by atoms with E-state index in [-0.39, 0.29) is 5.92 Å². The van der Waals surface area contributed by atoms with Gasteiger partial charge in [0, 0.05) is 12.5 Å². The number of hydrogen-bond acceptors (Lipinski definition) is 1. The Morgan fingerprint density at radius 3 is 2.35 bits per heavy atom. The van der Waals surface area contributed by atoms with Crippen molar-refractivity contribution in [2.45, 2.75) is 52.6 Å². The molecule has 1 aliphatic carbocycles. The van der Waals surface area contributed by atoms with Gasteiger partial charge in [0.05, 0.1) is 0 Å². The van der Waals surface area contributed by atoms with Crippen molar-refractivity contribution in [2.75, 3.05) is 12.5 Å². The van der Waals surface area contributed by atoms with Gasteiger partial charge >= 0.3 is 0 Å². The van der Waals surface area contributed by atoms with Gasteiger partial charge in [0.15, 0.2) is 11.7 Å². The SMILES string of the molecule is C/C=C(\C(F)=C(\F)C(C)OCC)C1CCC(CCl)CC1. The van der Waals surface area contributed by atoms with E-state index in [0.717, 1.165) is 25.7 Å². The molecule has 0 heterocycles. The zero-order valence-corrected chi connectivity index (χ0v) is 13.4. The van der Waals surface area contributed by atoms with E-state index in [1.165, 1.54) is 6.92 Å². The molecule has 4 heteroatoms. The monoisotopic (exact) mass is 306 g/mol. The van der Waals surface area contributed by atoms with Crippen LogP contribution < -0.4 is 0 Å². The van der Waals surface area contributed by atoms with Gasteiger partial charge in [-0.15, -0.1) is 11.6 Å². The highest BCUT2D eigenvalue weighted by atomic mass is 35.5. The van der Waals surface area contributed by atoms with E-state index in [0.29, 0.717) is 24.0 Å². The molecular formula is C16H25ClF2O. The molecule has 1 unspecified atom stereocenters. The maximum absolute atomic E-state index is 14.3. The van der Waals surface area contributed by atoms with E-state index in [1.807, 2.05) is 0 Å². The molecule has 0 spiro atoms. The zero-order valence-electron chi connectivity index (χ0n) is 12.6. The van der Waals surface area contributed by atoms with Crippen LogP contribution in [0, 0.1) is 11.8 Å². The molecule has 1 atom stereocenters. The molecule has 1 rings (SSSR count). The van der Waals surface area contributed by atoms with Crippen LogP contribution in [0.5, 0.6) is 0 Å². The van der Waals surface area contributed by atoms with Gasteiger partial charge in [0.25, 0.3) is 0 Å². The van der Waals surface area contributed by atoms with Crippen LogP contribution in [0.1, 0.15) is 46.5 Å². The Morgan fingerprint density at radius 2 is 1.90 bits per heavy atom. The van der Waals surface area contributed by atoms with Gasteiger partial charge in [-0.05, 0) is 63.9 Å². The lowest BCUT2D eigenvalue weighted by Crippen LogP contribution is -2.19. The third kappa shape index (κ3) is 4.56. The molecule has 20 heavy (non-hydrogen) atoms. The molecular weight excluding hydrogens is 282 g/mol. The van der Waals surface area contributed by atoms with Gasteiger partial charge in [-0.2, -0.15) is 0 Å². The minimum absolute atomic E-state index is 0.0963. The quantitative estimate of drug-likeness (QED) is 0.461. The highest BCUT2D eigenvalue weighted by Crippen LogP contribution is 2.38. The summed E-state index contributed by atoms with van der Waals surface area (Å²) in [4.78, 5) is 0. The Bertz CT molecular complexity index is 357. The van der Waals surface area contributed by atoms with Crippen LogP contribution in [0.25, 0.3) is 0 Å². The van der Waals surface area contributed by atoms with Gasteiger partial charge in [-0.3, -0.25) is 0 Å². The normalized spacial score (nSPS) is 27.2. The summed E-state index contributed by atoms with van der Waals surface area (Å²) in [6, 6.07) is 0. The summed E-state index contributed by atoms with van der Waals surface area (Å²) in [6.07, 6.45) is 4.60. The fourth-order valence-corrected chi connectivity index (χ4v) is 3.12. The van der Waals surface area contributed by atoms with Crippen molar-refractivity contribution in [3.05, 3.63) is 23.3 Å². The van der Waals surface area contributed by atoms with E-state index < -0.39 is 17.8 Å². The van der Waals surface area contributed by atoms with Gasteiger partial charge in [0.2, 0.25) is 0 Å². The zero-order chi connectivity index (χ0) is 15.1. The van der Waals surface area contributed by atoms with Crippen molar-refractivity contribution >= 4 is 11.6 Å². The van der Waals surface area contributed by atoms with Gasteiger partial charge < -0.3 is 4.74 Å². The average molecular weight is 307 g/mol. The molecule has 1 nitrogen and oxygen atoms in total. The average Bonchev–Trinajstić information content (AvgIpc) is 2.48. The summed E-state index contributed by atoms with van der Waals surface area (Å²) >= 11 is 5.86. The maximum atomic E-state index is 14.3. The predicted molar refractivity (Wildman–Crippen MR) is 80.3 cm³/mol. The first-order valence-corrected chi connectivity index (χ1v) is 7.97. The van der Waals surface area contributed by atoms with Gasteiger partial charge in [-0.1, -0.05) is 6.08 Å². The van der Waals surface area contributed by atoms with Crippen LogP contribution in [-0.2, 0) is 4.74 Å². The smallest absolute Gasteiger partial charge is 0.164 e. The molecule has 1 fully saturated rings. The molecule has 1 saturated carbocycles. The number of rotatable bonds is 6. The number of ether oxygens (including phenoxy) is 1. The van der Waals surface area contributed by atoms with Crippen molar-refractivity contribution < 1.29 is 13.5 Å². The summed E-state index contributed by atoms with van der Waals surface area (Å²) in [7, 11) is 0. The maximum Gasteiger partial charge on any atom is 0.164 e. The molecule has 0 radical (unpaired) electrons. The second-order valence-corrected chi connectivity index (χ2v) is 5.68. The fraction of sp³-hybridized carbons (Fsp3) is 0.750. The lowest BCUT2D eigenvalue weighted by atomic mass is 9.78. The minimum atomic E-state index is -0.825. The molecule has 0 N–H and O–H groups in total. The van der Waals surface area contributed by atoms with Gasteiger partial charge in [-0.25, -0.2) is 8.78 Å². The summed E-state index contributed by atoms with van der Waals surface area (Å²) in [5.74, 6) is -0.252. The third-order valence-corrected chi connectivity index (χ3v) is 4.49. The number of hydrogen-bond donors (Lipinski definition) is 0. The third-order valence-electron chi connectivity index (χ3n) is 4.05. The second kappa shape index (κ2) is 8.78. The van der Waals surface area contributed by atoms with Crippen molar-refractivity contribution in [1.82, 2.24) is 0 Å². The van der Waals surface area contributed by atoms with Crippen LogP contribution in [0.4, 0.5) is 8.78 Å². The molecule has 0 aliphatic heterocycles. The van der Waals surface area contributed by atoms with Crippen molar-refractivity contribution in [2.24, 2.45) is 11.8 Å². The van der Waals surface area contributed by atoms with E-state index >= 15 is 0 Å². The van der Waals surface area contributed by atoms with Gasteiger partial charge in [0.1, 0.15) is 6.10 Å². The van der Waals surface area contributed by atoms with Crippen molar-refractivity contribution in [1.29, 1.82) is 0 Å².